The Morgan fingerprint density at radius 2 is 1.81 bits per heavy atom. The van der Waals surface area contributed by atoms with E-state index >= 15 is 0 Å². The van der Waals surface area contributed by atoms with Crippen molar-refractivity contribution in [2.75, 3.05) is 0 Å². The summed E-state index contributed by atoms with van der Waals surface area (Å²) in [7, 11) is 0. The van der Waals surface area contributed by atoms with Gasteiger partial charge >= 0.3 is 0 Å². The van der Waals surface area contributed by atoms with E-state index in [1.807, 2.05) is 49.4 Å². The van der Waals surface area contributed by atoms with Crippen molar-refractivity contribution >= 4 is 22.5 Å². The minimum absolute atomic E-state index is 0.194. The van der Waals surface area contributed by atoms with E-state index < -0.39 is 0 Å². The fraction of sp³-hybridized carbons (Fsp3) is 0.0909. The molecule has 27 heavy (non-hydrogen) atoms. The molecule has 0 spiro atoms. The van der Waals surface area contributed by atoms with Crippen LogP contribution < -0.4 is 10.3 Å². The first-order chi connectivity index (χ1) is 13.1. The number of para-hydroxylation sites is 1. The van der Waals surface area contributed by atoms with Crippen LogP contribution in [0.25, 0.3) is 22.3 Å². The van der Waals surface area contributed by atoms with Crippen LogP contribution in [0.1, 0.15) is 11.1 Å². The number of aromatic nitrogens is 2. The number of halogens is 1. The number of H-pyrrole nitrogens is 1. The third-order valence-electron chi connectivity index (χ3n) is 4.32. The zero-order valence-corrected chi connectivity index (χ0v) is 15.5. The number of benzene rings is 3. The first-order valence-corrected chi connectivity index (χ1v) is 8.95. The molecule has 0 unspecified atom stereocenters. The molecule has 4 rings (SSSR count). The molecule has 0 aliphatic heterocycles. The van der Waals surface area contributed by atoms with Gasteiger partial charge in [-0.15, -0.1) is 0 Å². The molecule has 4 aromatic rings. The van der Waals surface area contributed by atoms with Gasteiger partial charge in [0.15, 0.2) is 0 Å². The summed E-state index contributed by atoms with van der Waals surface area (Å²) in [5.74, 6) is 1.04. The lowest BCUT2D eigenvalue weighted by atomic mass is 10.1. The predicted octanol–water partition coefficient (Wildman–Crippen LogP) is 5.13. The minimum atomic E-state index is -0.194. The Morgan fingerprint density at radius 1 is 1.04 bits per heavy atom. The van der Waals surface area contributed by atoms with Gasteiger partial charge in [-0.3, -0.25) is 4.79 Å². The lowest BCUT2D eigenvalue weighted by Gasteiger charge is -2.12. The van der Waals surface area contributed by atoms with Crippen molar-refractivity contribution in [1.82, 2.24) is 9.97 Å². The van der Waals surface area contributed by atoms with E-state index in [2.05, 4.69) is 9.97 Å². The second kappa shape index (κ2) is 7.25. The van der Waals surface area contributed by atoms with E-state index in [-0.39, 0.29) is 5.56 Å². The number of aromatic amines is 1. The van der Waals surface area contributed by atoms with Crippen LogP contribution in [0.15, 0.2) is 71.5 Å². The van der Waals surface area contributed by atoms with Crippen molar-refractivity contribution in [2.45, 2.75) is 13.5 Å². The predicted molar refractivity (Wildman–Crippen MR) is 108 cm³/mol. The van der Waals surface area contributed by atoms with Gasteiger partial charge in [0.05, 0.1) is 16.5 Å². The molecule has 1 N–H and O–H groups in total. The van der Waals surface area contributed by atoms with Gasteiger partial charge in [-0.2, -0.15) is 0 Å². The van der Waals surface area contributed by atoms with E-state index in [0.717, 1.165) is 5.56 Å². The summed E-state index contributed by atoms with van der Waals surface area (Å²) in [6, 6.07) is 20.7. The Morgan fingerprint density at radius 3 is 2.63 bits per heavy atom. The van der Waals surface area contributed by atoms with Gasteiger partial charge in [-0.1, -0.05) is 53.6 Å². The second-order valence-electron chi connectivity index (χ2n) is 6.35. The summed E-state index contributed by atoms with van der Waals surface area (Å²) in [4.78, 5) is 19.8. The number of hydrogen-bond donors (Lipinski definition) is 1. The molecule has 5 heteroatoms. The van der Waals surface area contributed by atoms with Crippen LogP contribution in [-0.4, -0.2) is 9.97 Å². The van der Waals surface area contributed by atoms with E-state index in [0.29, 0.717) is 39.7 Å². The smallest absolute Gasteiger partial charge is 0.259 e. The molecule has 1 heterocycles. The molecule has 0 bridgehead atoms. The van der Waals surface area contributed by atoms with Crippen molar-refractivity contribution in [1.29, 1.82) is 0 Å². The number of rotatable bonds is 4. The van der Waals surface area contributed by atoms with Crippen LogP contribution in [0.4, 0.5) is 0 Å². The summed E-state index contributed by atoms with van der Waals surface area (Å²) >= 11 is 6.18. The van der Waals surface area contributed by atoms with Crippen molar-refractivity contribution in [2.24, 2.45) is 0 Å². The lowest BCUT2D eigenvalue weighted by Crippen LogP contribution is -2.10. The maximum absolute atomic E-state index is 12.4. The summed E-state index contributed by atoms with van der Waals surface area (Å²) in [6.07, 6.45) is 0. The topological polar surface area (TPSA) is 55.0 Å². The Hall–Kier alpha value is -3.11. The molecule has 4 nitrogen and oxygen atoms in total. The minimum Gasteiger partial charge on any atom is -0.488 e. The summed E-state index contributed by atoms with van der Waals surface area (Å²) in [5, 5.41) is 1.09. The fourth-order valence-electron chi connectivity index (χ4n) is 2.87. The summed E-state index contributed by atoms with van der Waals surface area (Å²) in [6.45, 7) is 2.45. The maximum atomic E-state index is 12.4. The van der Waals surface area contributed by atoms with Gasteiger partial charge in [-0.05, 0) is 42.8 Å². The molecular weight excluding hydrogens is 360 g/mol. The lowest BCUT2D eigenvalue weighted by molar-refractivity contribution is 0.307. The molecule has 1 aromatic heterocycles. The first kappa shape index (κ1) is 17.3. The molecule has 0 atom stereocenters. The highest BCUT2D eigenvalue weighted by molar-refractivity contribution is 6.30. The van der Waals surface area contributed by atoms with Crippen LogP contribution in [0, 0.1) is 6.92 Å². The summed E-state index contributed by atoms with van der Waals surface area (Å²) in [5.41, 5.74) is 3.34. The SMILES string of the molecule is Cc1ccc(COc2ccc(Cl)cc2-c2nc3ccccc3c(=O)[nH]2)cc1. The monoisotopic (exact) mass is 376 g/mol. The molecule has 3 aromatic carbocycles. The third kappa shape index (κ3) is 3.71. The van der Waals surface area contributed by atoms with Crippen LogP contribution in [0.3, 0.4) is 0 Å². The zero-order chi connectivity index (χ0) is 18.8. The highest BCUT2D eigenvalue weighted by Crippen LogP contribution is 2.31. The van der Waals surface area contributed by atoms with E-state index in [4.69, 9.17) is 16.3 Å². The number of nitrogens with zero attached hydrogens (tertiary/aromatic N) is 1. The fourth-order valence-corrected chi connectivity index (χ4v) is 3.04. The number of nitrogens with one attached hydrogen (secondary N) is 1. The molecule has 0 radical (unpaired) electrons. The van der Waals surface area contributed by atoms with Crippen molar-refractivity contribution < 1.29 is 4.74 Å². The van der Waals surface area contributed by atoms with Gasteiger partial charge in [0.2, 0.25) is 0 Å². The zero-order valence-electron chi connectivity index (χ0n) is 14.7. The van der Waals surface area contributed by atoms with Crippen LogP contribution in [0.5, 0.6) is 5.75 Å². The molecule has 0 aliphatic carbocycles. The number of aryl methyl sites for hydroxylation is 1. The number of fused-ring (bicyclic) bond motifs is 1. The normalized spacial score (nSPS) is 10.9. The molecule has 134 valence electrons. The van der Waals surface area contributed by atoms with Crippen LogP contribution >= 0.6 is 11.6 Å². The standard InChI is InChI=1S/C22H17ClN2O2/c1-14-6-8-15(9-7-14)13-27-20-11-10-16(23)12-18(20)21-24-19-5-3-2-4-17(19)22(26)25-21/h2-12H,13H2,1H3,(H,24,25,26). The van der Waals surface area contributed by atoms with Gasteiger partial charge in [0, 0.05) is 5.02 Å². The van der Waals surface area contributed by atoms with Crippen LogP contribution in [0.2, 0.25) is 5.02 Å². The van der Waals surface area contributed by atoms with E-state index in [1.165, 1.54) is 5.56 Å². The molecule has 0 fully saturated rings. The van der Waals surface area contributed by atoms with Crippen molar-refractivity contribution in [3.8, 4) is 17.1 Å². The molecule has 0 saturated heterocycles. The highest BCUT2D eigenvalue weighted by atomic mass is 35.5. The van der Waals surface area contributed by atoms with Gasteiger partial charge in [-0.25, -0.2) is 4.98 Å². The van der Waals surface area contributed by atoms with Gasteiger partial charge < -0.3 is 9.72 Å². The molecule has 0 amide bonds. The molecule has 0 saturated carbocycles. The quantitative estimate of drug-likeness (QED) is 0.537. The van der Waals surface area contributed by atoms with Gasteiger partial charge in [0.25, 0.3) is 5.56 Å². The summed E-state index contributed by atoms with van der Waals surface area (Å²) < 4.78 is 6.00. The Bertz CT molecular complexity index is 1170. The van der Waals surface area contributed by atoms with E-state index in [9.17, 15) is 4.79 Å². The van der Waals surface area contributed by atoms with Crippen molar-refractivity contribution in [3.63, 3.8) is 0 Å². The molecular formula is C22H17ClN2O2. The van der Waals surface area contributed by atoms with E-state index in [1.54, 1.807) is 24.3 Å². The number of ether oxygens (including phenoxy) is 1. The second-order valence-corrected chi connectivity index (χ2v) is 6.78. The average molecular weight is 377 g/mol. The highest BCUT2D eigenvalue weighted by Gasteiger charge is 2.12. The Balaban J connectivity index is 1.73. The Kier molecular flexibility index (Phi) is 4.65. The van der Waals surface area contributed by atoms with Crippen molar-refractivity contribution in [3.05, 3.63) is 93.2 Å². The largest absolute Gasteiger partial charge is 0.488 e. The maximum Gasteiger partial charge on any atom is 0.259 e. The third-order valence-corrected chi connectivity index (χ3v) is 4.56. The first-order valence-electron chi connectivity index (χ1n) is 8.57. The van der Waals surface area contributed by atoms with Gasteiger partial charge in [0.1, 0.15) is 18.2 Å². The van der Waals surface area contributed by atoms with Crippen LogP contribution in [-0.2, 0) is 6.61 Å². The Labute approximate surface area is 161 Å². The molecule has 0 aliphatic rings. The number of hydrogen-bond acceptors (Lipinski definition) is 3. The average Bonchev–Trinajstić information content (AvgIpc) is 2.68.